The Morgan fingerprint density at radius 1 is 1.38 bits per heavy atom. The number of nitrogens with one attached hydrogen (secondary N) is 1. The zero-order valence-electron chi connectivity index (χ0n) is 11.4. The summed E-state index contributed by atoms with van der Waals surface area (Å²) in [4.78, 5) is 22.5. The predicted molar refractivity (Wildman–Crippen MR) is 70.5 cm³/mol. The molecule has 0 saturated carbocycles. The lowest BCUT2D eigenvalue weighted by Gasteiger charge is -2.13. The second-order valence-electron chi connectivity index (χ2n) is 4.59. The molecule has 2 N–H and O–H groups in total. The number of amides is 1. The van der Waals surface area contributed by atoms with E-state index in [-0.39, 0.29) is 11.5 Å². The van der Waals surface area contributed by atoms with Crippen LogP contribution in [0.1, 0.15) is 45.1 Å². The van der Waals surface area contributed by atoms with Crippen molar-refractivity contribution in [3.05, 3.63) is 52.7 Å². The molecule has 110 valence electrons. The lowest BCUT2D eigenvalue weighted by molar-refractivity contribution is 0.0651. The fraction of sp³-hybridized carbons (Fsp3) is 0.214. The van der Waals surface area contributed by atoms with Gasteiger partial charge in [0.2, 0.25) is 5.76 Å². The number of hydrogen-bond acceptors (Lipinski definition) is 4. The highest BCUT2D eigenvalue weighted by atomic mass is 19.1. The molecular formula is C14H13FN2O4. The monoisotopic (exact) mass is 292 g/mol. The minimum atomic E-state index is -1.31. The Morgan fingerprint density at radius 2 is 2.10 bits per heavy atom. The van der Waals surface area contributed by atoms with E-state index in [1.54, 1.807) is 26.0 Å². The highest BCUT2D eigenvalue weighted by molar-refractivity contribution is 5.95. The molecule has 0 spiro atoms. The van der Waals surface area contributed by atoms with Gasteiger partial charge in [0, 0.05) is 6.07 Å². The van der Waals surface area contributed by atoms with Crippen molar-refractivity contribution >= 4 is 11.9 Å². The number of rotatable bonds is 4. The van der Waals surface area contributed by atoms with E-state index in [0.717, 1.165) is 6.07 Å². The molecule has 1 aromatic heterocycles. The molecule has 0 fully saturated rings. The number of carbonyl (C=O) groups excluding carboxylic acids is 1. The topological polar surface area (TPSA) is 92.4 Å². The first-order valence-electron chi connectivity index (χ1n) is 6.15. The minimum Gasteiger partial charge on any atom is -0.475 e. The molecule has 0 saturated heterocycles. The molecule has 1 aromatic carbocycles. The van der Waals surface area contributed by atoms with Gasteiger partial charge in [0.1, 0.15) is 5.82 Å². The van der Waals surface area contributed by atoms with Crippen molar-refractivity contribution in [2.45, 2.75) is 19.9 Å². The van der Waals surface area contributed by atoms with E-state index in [2.05, 4.69) is 15.0 Å². The van der Waals surface area contributed by atoms with Gasteiger partial charge >= 0.3 is 5.97 Å². The van der Waals surface area contributed by atoms with Crippen molar-refractivity contribution in [2.75, 3.05) is 0 Å². The van der Waals surface area contributed by atoms with Crippen LogP contribution in [0, 0.1) is 12.7 Å². The van der Waals surface area contributed by atoms with Crippen molar-refractivity contribution < 1.29 is 23.6 Å². The Bertz CT molecular complexity index is 696. The predicted octanol–water partition coefficient (Wildman–Crippen LogP) is 2.31. The zero-order chi connectivity index (χ0) is 15.6. The number of aromatic nitrogens is 1. The van der Waals surface area contributed by atoms with Crippen LogP contribution in [0.15, 0.2) is 28.8 Å². The van der Waals surface area contributed by atoms with Gasteiger partial charge in [-0.05, 0) is 31.0 Å². The summed E-state index contributed by atoms with van der Waals surface area (Å²) in [7, 11) is 0. The Morgan fingerprint density at radius 3 is 2.67 bits per heavy atom. The third-order valence-corrected chi connectivity index (χ3v) is 3.00. The summed E-state index contributed by atoms with van der Waals surface area (Å²) in [5.74, 6) is -2.69. The molecular weight excluding hydrogens is 279 g/mol. The number of nitrogens with zero attached hydrogens (tertiary/aromatic N) is 1. The number of carboxylic acids is 1. The van der Waals surface area contributed by atoms with Crippen LogP contribution in [-0.2, 0) is 0 Å². The molecule has 7 heteroatoms. The number of halogens is 1. The number of carbonyl (C=O) groups is 2. The molecule has 0 bridgehead atoms. The standard InChI is InChI=1S/C14H13FN2O4/c1-7-3-4-9(5-10(7)15)8(2)16-13(18)11-6-12(14(19)20)21-17-11/h3-6,8H,1-2H3,(H,16,18)(H,19,20). The highest BCUT2D eigenvalue weighted by Gasteiger charge is 2.18. The number of carboxylic acid groups (broad SMARTS) is 1. The van der Waals surface area contributed by atoms with Gasteiger partial charge < -0.3 is 14.9 Å². The van der Waals surface area contributed by atoms with Crippen LogP contribution in [0.4, 0.5) is 4.39 Å². The average molecular weight is 292 g/mol. The molecule has 1 amide bonds. The van der Waals surface area contributed by atoms with Crippen LogP contribution in [0.2, 0.25) is 0 Å². The van der Waals surface area contributed by atoms with Gasteiger partial charge in [-0.15, -0.1) is 0 Å². The summed E-state index contributed by atoms with van der Waals surface area (Å²) >= 11 is 0. The summed E-state index contributed by atoms with van der Waals surface area (Å²) in [6, 6.07) is 5.23. The maximum atomic E-state index is 13.5. The Balaban J connectivity index is 2.10. The fourth-order valence-electron chi connectivity index (χ4n) is 1.72. The first-order valence-corrected chi connectivity index (χ1v) is 6.15. The summed E-state index contributed by atoms with van der Waals surface area (Å²) in [6.07, 6.45) is 0. The quantitative estimate of drug-likeness (QED) is 0.902. The minimum absolute atomic E-state index is 0.146. The van der Waals surface area contributed by atoms with Crippen molar-refractivity contribution in [1.82, 2.24) is 10.5 Å². The molecule has 0 aliphatic heterocycles. The van der Waals surface area contributed by atoms with E-state index in [1.165, 1.54) is 6.07 Å². The lowest BCUT2D eigenvalue weighted by atomic mass is 10.1. The highest BCUT2D eigenvalue weighted by Crippen LogP contribution is 2.17. The molecule has 0 aliphatic rings. The normalized spacial score (nSPS) is 12.0. The summed E-state index contributed by atoms with van der Waals surface area (Å²) in [5.41, 5.74) is 0.958. The summed E-state index contributed by atoms with van der Waals surface area (Å²) in [5, 5.41) is 14.7. The Kier molecular flexibility index (Phi) is 4.02. The molecule has 1 atom stereocenters. The second-order valence-corrected chi connectivity index (χ2v) is 4.59. The fourth-order valence-corrected chi connectivity index (χ4v) is 1.72. The van der Waals surface area contributed by atoms with E-state index in [0.29, 0.717) is 11.1 Å². The van der Waals surface area contributed by atoms with Crippen molar-refractivity contribution in [1.29, 1.82) is 0 Å². The first kappa shape index (κ1) is 14.7. The molecule has 0 radical (unpaired) electrons. The first-order chi connectivity index (χ1) is 9.88. The molecule has 1 unspecified atom stereocenters. The zero-order valence-corrected chi connectivity index (χ0v) is 11.4. The largest absolute Gasteiger partial charge is 0.475 e. The van der Waals surface area contributed by atoms with Gasteiger partial charge in [-0.2, -0.15) is 0 Å². The van der Waals surface area contributed by atoms with Gasteiger partial charge in [0.15, 0.2) is 5.69 Å². The number of aryl methyl sites for hydroxylation is 1. The van der Waals surface area contributed by atoms with Gasteiger partial charge in [-0.1, -0.05) is 17.3 Å². The van der Waals surface area contributed by atoms with Gasteiger partial charge in [-0.25, -0.2) is 9.18 Å². The molecule has 1 heterocycles. The molecule has 2 aromatic rings. The molecule has 21 heavy (non-hydrogen) atoms. The van der Waals surface area contributed by atoms with Gasteiger partial charge in [0.05, 0.1) is 6.04 Å². The third kappa shape index (κ3) is 3.25. The summed E-state index contributed by atoms with van der Waals surface area (Å²) in [6.45, 7) is 3.32. The van der Waals surface area contributed by atoms with Crippen LogP contribution >= 0.6 is 0 Å². The Hall–Kier alpha value is -2.70. The smallest absolute Gasteiger partial charge is 0.374 e. The SMILES string of the molecule is Cc1ccc(C(C)NC(=O)c2cc(C(=O)O)on2)cc1F. The van der Waals surface area contributed by atoms with Gasteiger partial charge in [-0.3, -0.25) is 4.79 Å². The number of hydrogen-bond donors (Lipinski definition) is 2. The molecule has 0 aliphatic carbocycles. The van der Waals surface area contributed by atoms with E-state index >= 15 is 0 Å². The number of benzene rings is 1. The van der Waals surface area contributed by atoms with Gasteiger partial charge in [0.25, 0.3) is 5.91 Å². The van der Waals surface area contributed by atoms with Crippen LogP contribution in [0.3, 0.4) is 0 Å². The van der Waals surface area contributed by atoms with Crippen molar-refractivity contribution in [3.63, 3.8) is 0 Å². The van der Waals surface area contributed by atoms with Crippen molar-refractivity contribution in [3.8, 4) is 0 Å². The summed E-state index contributed by atoms with van der Waals surface area (Å²) < 4.78 is 18.0. The maximum Gasteiger partial charge on any atom is 0.374 e. The second kappa shape index (κ2) is 5.74. The third-order valence-electron chi connectivity index (χ3n) is 3.00. The average Bonchev–Trinajstić information content (AvgIpc) is 2.91. The van der Waals surface area contributed by atoms with Crippen molar-refractivity contribution in [2.24, 2.45) is 0 Å². The molecule has 2 rings (SSSR count). The lowest BCUT2D eigenvalue weighted by Crippen LogP contribution is -2.27. The van der Waals surface area contributed by atoms with E-state index in [4.69, 9.17) is 5.11 Å². The van der Waals surface area contributed by atoms with E-state index in [9.17, 15) is 14.0 Å². The maximum absolute atomic E-state index is 13.5. The molecule has 6 nitrogen and oxygen atoms in total. The van der Waals surface area contributed by atoms with Crippen LogP contribution in [0.25, 0.3) is 0 Å². The van der Waals surface area contributed by atoms with E-state index in [1.807, 2.05) is 0 Å². The number of aromatic carboxylic acids is 1. The van der Waals surface area contributed by atoms with Crippen LogP contribution in [-0.4, -0.2) is 22.1 Å². The van der Waals surface area contributed by atoms with Crippen LogP contribution in [0.5, 0.6) is 0 Å². The Labute approximate surface area is 119 Å². The van der Waals surface area contributed by atoms with E-state index < -0.39 is 23.7 Å². The van der Waals surface area contributed by atoms with Crippen LogP contribution < -0.4 is 5.32 Å².